The van der Waals surface area contributed by atoms with Crippen molar-refractivity contribution in [3.05, 3.63) is 65.0 Å². The summed E-state index contributed by atoms with van der Waals surface area (Å²) in [5, 5.41) is 3.94. The Hall–Kier alpha value is -2.46. The molecule has 0 aromatic heterocycles. The van der Waals surface area contributed by atoms with Crippen LogP contribution in [0.3, 0.4) is 0 Å². The molecular formula is C23H26F4N2O3S. The molecule has 180 valence electrons. The number of unbranched alkanes of at least 4 members (excludes halogenated alkanes) is 1. The lowest BCUT2D eigenvalue weighted by molar-refractivity contribution is -0.140. The molecule has 0 bridgehead atoms. The summed E-state index contributed by atoms with van der Waals surface area (Å²) in [6.45, 7) is 2.32. The smallest absolute Gasteiger partial charge is 0.391 e. The predicted octanol–water partition coefficient (Wildman–Crippen LogP) is 5.54. The molecule has 0 N–H and O–H groups in total. The first kappa shape index (κ1) is 25.2. The van der Waals surface area contributed by atoms with Crippen molar-refractivity contribution in [3.63, 3.8) is 0 Å². The maximum atomic E-state index is 13.4. The zero-order valence-electron chi connectivity index (χ0n) is 18.2. The van der Waals surface area contributed by atoms with E-state index in [0.717, 1.165) is 30.9 Å². The Bertz CT molecular complexity index is 1070. The Balaban J connectivity index is 1.55. The Labute approximate surface area is 191 Å². The van der Waals surface area contributed by atoms with Gasteiger partial charge in [-0.15, -0.1) is 0 Å². The highest BCUT2D eigenvalue weighted by molar-refractivity contribution is 7.89. The number of hydrogen-bond acceptors (Lipinski definition) is 4. The Morgan fingerprint density at radius 3 is 2.27 bits per heavy atom. The number of alkyl halides is 3. The van der Waals surface area contributed by atoms with Gasteiger partial charge in [-0.05, 0) is 48.2 Å². The fourth-order valence-corrected chi connectivity index (χ4v) is 4.95. The molecule has 0 amide bonds. The summed E-state index contributed by atoms with van der Waals surface area (Å²) in [5.74, 6) is -1.35. The van der Waals surface area contributed by atoms with Crippen molar-refractivity contribution in [3.8, 4) is 0 Å². The summed E-state index contributed by atoms with van der Waals surface area (Å²) in [4.78, 5) is 5.39. The second kappa shape index (κ2) is 10.6. The minimum Gasteiger partial charge on any atom is -0.391 e. The lowest BCUT2D eigenvalue weighted by atomic mass is 10.1. The second-order valence-corrected chi connectivity index (χ2v) is 9.83. The second-order valence-electron chi connectivity index (χ2n) is 7.89. The fraction of sp³-hybridized carbons (Fsp3) is 0.435. The highest BCUT2D eigenvalue weighted by Gasteiger charge is 2.34. The SMILES string of the molecule is CCCCc1ccc(S(=O)(=O)N2CCC(=NOCc3ccc(F)c(C(F)(F)F)c3)CC2)cc1. The van der Waals surface area contributed by atoms with Crippen LogP contribution < -0.4 is 0 Å². The van der Waals surface area contributed by atoms with Gasteiger partial charge >= 0.3 is 6.18 Å². The number of aryl methyl sites for hydroxylation is 1. The first-order valence-electron chi connectivity index (χ1n) is 10.7. The monoisotopic (exact) mass is 486 g/mol. The standard InChI is InChI=1S/C23H26F4N2O3S/c1-2-3-4-17-5-8-20(9-6-17)33(30,31)29-13-11-19(12-14-29)28-32-16-18-7-10-22(24)21(15-18)23(25,26)27/h5-10,15H,2-4,11-14,16H2,1H3. The molecule has 0 unspecified atom stereocenters. The van der Waals surface area contributed by atoms with Crippen LogP contribution in [0.4, 0.5) is 17.6 Å². The minimum atomic E-state index is -4.79. The van der Waals surface area contributed by atoms with Crippen molar-refractivity contribution < 1.29 is 30.8 Å². The molecule has 1 aliphatic heterocycles. The van der Waals surface area contributed by atoms with Crippen LogP contribution in [0.2, 0.25) is 0 Å². The summed E-state index contributed by atoms with van der Waals surface area (Å²) >= 11 is 0. The fourth-order valence-electron chi connectivity index (χ4n) is 3.51. The van der Waals surface area contributed by atoms with Crippen molar-refractivity contribution in [2.75, 3.05) is 13.1 Å². The molecular weight excluding hydrogens is 460 g/mol. The number of piperidine rings is 1. The van der Waals surface area contributed by atoms with Crippen LogP contribution in [-0.4, -0.2) is 31.5 Å². The molecule has 2 aromatic carbocycles. The zero-order valence-corrected chi connectivity index (χ0v) is 19.1. The van der Waals surface area contributed by atoms with Crippen molar-refractivity contribution in [2.45, 2.75) is 56.7 Å². The largest absolute Gasteiger partial charge is 0.419 e. The molecule has 0 radical (unpaired) electrons. The van der Waals surface area contributed by atoms with Gasteiger partial charge in [-0.3, -0.25) is 0 Å². The molecule has 3 rings (SSSR count). The summed E-state index contributed by atoms with van der Waals surface area (Å²) in [7, 11) is -3.61. The van der Waals surface area contributed by atoms with Crippen LogP contribution in [0.15, 0.2) is 52.5 Å². The van der Waals surface area contributed by atoms with Crippen molar-refractivity contribution in [1.29, 1.82) is 0 Å². The minimum absolute atomic E-state index is 0.135. The van der Waals surface area contributed by atoms with Gasteiger partial charge in [0.15, 0.2) is 0 Å². The van der Waals surface area contributed by atoms with Crippen LogP contribution in [-0.2, 0) is 34.1 Å². The van der Waals surface area contributed by atoms with E-state index in [1.165, 1.54) is 10.4 Å². The predicted molar refractivity (Wildman–Crippen MR) is 117 cm³/mol. The molecule has 0 aliphatic carbocycles. The Morgan fingerprint density at radius 2 is 1.67 bits per heavy atom. The maximum absolute atomic E-state index is 13.4. The third kappa shape index (κ3) is 6.54. The van der Waals surface area contributed by atoms with Crippen LogP contribution in [0.25, 0.3) is 0 Å². The third-order valence-electron chi connectivity index (χ3n) is 5.44. The van der Waals surface area contributed by atoms with E-state index in [1.807, 2.05) is 12.1 Å². The van der Waals surface area contributed by atoms with Crippen LogP contribution in [0.1, 0.15) is 49.3 Å². The van der Waals surface area contributed by atoms with Crippen LogP contribution >= 0.6 is 0 Å². The van der Waals surface area contributed by atoms with Crippen molar-refractivity contribution in [1.82, 2.24) is 4.31 Å². The van der Waals surface area contributed by atoms with Gasteiger partial charge in [0.25, 0.3) is 0 Å². The van der Waals surface area contributed by atoms with E-state index < -0.39 is 27.6 Å². The highest BCUT2D eigenvalue weighted by Crippen LogP contribution is 2.32. The molecule has 0 atom stereocenters. The van der Waals surface area contributed by atoms with E-state index >= 15 is 0 Å². The lowest BCUT2D eigenvalue weighted by Crippen LogP contribution is -2.38. The van der Waals surface area contributed by atoms with E-state index in [-0.39, 0.29) is 30.2 Å². The van der Waals surface area contributed by atoms with Crippen molar-refractivity contribution >= 4 is 15.7 Å². The summed E-state index contributed by atoms with van der Waals surface area (Å²) < 4.78 is 78.9. The van der Waals surface area contributed by atoms with E-state index in [2.05, 4.69) is 12.1 Å². The Morgan fingerprint density at radius 1 is 1.03 bits per heavy atom. The number of sulfonamides is 1. The first-order chi connectivity index (χ1) is 15.6. The number of halogens is 4. The van der Waals surface area contributed by atoms with Gasteiger partial charge in [0.2, 0.25) is 10.0 Å². The van der Waals surface area contributed by atoms with Gasteiger partial charge in [0, 0.05) is 25.9 Å². The normalized spacial score (nSPS) is 15.5. The van der Waals surface area contributed by atoms with Gasteiger partial charge in [-0.25, -0.2) is 12.8 Å². The Kier molecular flexibility index (Phi) is 8.12. The van der Waals surface area contributed by atoms with E-state index in [1.54, 1.807) is 12.1 Å². The van der Waals surface area contributed by atoms with Crippen LogP contribution in [0.5, 0.6) is 0 Å². The molecule has 10 heteroatoms. The molecule has 1 aliphatic rings. The van der Waals surface area contributed by atoms with Gasteiger partial charge in [-0.1, -0.05) is 36.7 Å². The lowest BCUT2D eigenvalue weighted by Gasteiger charge is -2.26. The third-order valence-corrected chi connectivity index (χ3v) is 7.35. The molecule has 2 aromatic rings. The maximum Gasteiger partial charge on any atom is 0.419 e. The van der Waals surface area contributed by atoms with E-state index in [0.29, 0.717) is 24.6 Å². The molecule has 1 heterocycles. The molecule has 33 heavy (non-hydrogen) atoms. The average Bonchev–Trinajstić information content (AvgIpc) is 2.78. The zero-order chi connectivity index (χ0) is 24.1. The average molecular weight is 487 g/mol. The number of benzene rings is 2. The number of rotatable bonds is 8. The number of nitrogens with zero attached hydrogens (tertiary/aromatic N) is 2. The number of hydrogen-bond donors (Lipinski definition) is 0. The topological polar surface area (TPSA) is 59.0 Å². The summed E-state index contributed by atoms with van der Waals surface area (Å²) in [6, 6.07) is 9.58. The first-order valence-corrected chi connectivity index (χ1v) is 12.2. The summed E-state index contributed by atoms with van der Waals surface area (Å²) in [6.07, 6.45) is -1.06. The molecule has 5 nitrogen and oxygen atoms in total. The van der Waals surface area contributed by atoms with E-state index in [4.69, 9.17) is 4.84 Å². The van der Waals surface area contributed by atoms with Crippen molar-refractivity contribution in [2.24, 2.45) is 5.16 Å². The molecule has 1 fully saturated rings. The quantitative estimate of drug-likeness (QED) is 0.363. The van der Waals surface area contributed by atoms with E-state index in [9.17, 15) is 26.0 Å². The molecule has 0 saturated carbocycles. The molecule has 0 spiro atoms. The summed E-state index contributed by atoms with van der Waals surface area (Å²) in [5.41, 5.74) is 0.502. The van der Waals surface area contributed by atoms with Gasteiger partial charge < -0.3 is 4.84 Å². The number of oxime groups is 1. The van der Waals surface area contributed by atoms with Gasteiger partial charge in [0.1, 0.15) is 12.4 Å². The highest BCUT2D eigenvalue weighted by atomic mass is 32.2. The molecule has 1 saturated heterocycles. The van der Waals surface area contributed by atoms with Gasteiger partial charge in [-0.2, -0.15) is 17.5 Å². The van der Waals surface area contributed by atoms with Crippen LogP contribution in [0, 0.1) is 5.82 Å². The van der Waals surface area contributed by atoms with Gasteiger partial charge in [0.05, 0.1) is 16.2 Å².